The minimum absolute atomic E-state index is 0.0995. The molecule has 1 heterocycles. The Morgan fingerprint density at radius 3 is 2.88 bits per heavy atom. The molecule has 0 aromatic heterocycles. The number of para-hydroxylation sites is 1. The quantitative estimate of drug-likeness (QED) is 0.840. The molecule has 3 nitrogen and oxygen atoms in total. The molecule has 1 amide bonds. The summed E-state index contributed by atoms with van der Waals surface area (Å²) >= 11 is 0. The number of carbonyl (C=O) groups excluding carboxylic acids is 1. The van der Waals surface area contributed by atoms with E-state index in [2.05, 4.69) is 17.6 Å². The molecule has 0 saturated carbocycles. The number of hydrogen-bond acceptors (Lipinski definition) is 2. The average molecular weight is 232 g/mol. The Morgan fingerprint density at radius 1 is 1.41 bits per heavy atom. The van der Waals surface area contributed by atoms with Crippen LogP contribution in [0.1, 0.15) is 26.2 Å². The Labute approximate surface area is 103 Å². The summed E-state index contributed by atoms with van der Waals surface area (Å²) in [4.78, 5) is 11.9. The van der Waals surface area contributed by atoms with Gasteiger partial charge in [-0.3, -0.25) is 4.79 Å². The third kappa shape index (κ3) is 3.56. The molecule has 1 aliphatic rings. The van der Waals surface area contributed by atoms with Crippen LogP contribution in [0.25, 0.3) is 0 Å². The first-order chi connectivity index (χ1) is 8.25. The molecule has 0 bridgehead atoms. The molecular weight excluding hydrogens is 212 g/mol. The van der Waals surface area contributed by atoms with Crippen molar-refractivity contribution in [2.24, 2.45) is 5.92 Å². The van der Waals surface area contributed by atoms with Crippen molar-refractivity contribution >= 4 is 11.6 Å². The smallest absolute Gasteiger partial charge is 0.225 e. The number of anilines is 1. The standard InChI is InChI=1S/C14H20N2O/c1-11-6-5-9-15-13(11)10-14(17)16-12-7-3-2-4-8-12/h2-4,7-8,11,13,15H,5-6,9-10H2,1H3,(H,16,17). The Hall–Kier alpha value is -1.35. The molecule has 1 aromatic rings. The third-order valence-electron chi connectivity index (χ3n) is 3.39. The monoisotopic (exact) mass is 232 g/mol. The van der Waals surface area contributed by atoms with Gasteiger partial charge in [-0.15, -0.1) is 0 Å². The van der Waals surface area contributed by atoms with Gasteiger partial charge in [0.05, 0.1) is 0 Å². The van der Waals surface area contributed by atoms with E-state index in [1.165, 1.54) is 12.8 Å². The van der Waals surface area contributed by atoms with Gasteiger partial charge >= 0.3 is 0 Å². The van der Waals surface area contributed by atoms with E-state index in [4.69, 9.17) is 0 Å². The normalized spacial score (nSPS) is 24.3. The average Bonchev–Trinajstić information content (AvgIpc) is 2.33. The zero-order valence-electron chi connectivity index (χ0n) is 10.3. The summed E-state index contributed by atoms with van der Waals surface area (Å²) in [5, 5.41) is 6.36. The maximum absolute atomic E-state index is 11.9. The lowest BCUT2D eigenvalue weighted by Gasteiger charge is -2.29. The zero-order valence-corrected chi connectivity index (χ0v) is 10.3. The van der Waals surface area contributed by atoms with Gasteiger partial charge in [-0.25, -0.2) is 0 Å². The fourth-order valence-corrected chi connectivity index (χ4v) is 2.32. The van der Waals surface area contributed by atoms with Gasteiger partial charge in [0.15, 0.2) is 0 Å². The Kier molecular flexibility index (Phi) is 4.15. The van der Waals surface area contributed by atoms with Crippen molar-refractivity contribution in [3.8, 4) is 0 Å². The predicted molar refractivity (Wildman–Crippen MR) is 69.9 cm³/mol. The summed E-state index contributed by atoms with van der Waals surface area (Å²) in [6.07, 6.45) is 3.00. The van der Waals surface area contributed by atoms with Crippen molar-refractivity contribution in [3.63, 3.8) is 0 Å². The van der Waals surface area contributed by atoms with Gasteiger partial charge in [-0.2, -0.15) is 0 Å². The van der Waals surface area contributed by atoms with E-state index in [9.17, 15) is 4.79 Å². The molecular formula is C14H20N2O. The number of nitrogens with one attached hydrogen (secondary N) is 2. The van der Waals surface area contributed by atoms with Crippen molar-refractivity contribution in [2.75, 3.05) is 11.9 Å². The molecule has 2 unspecified atom stereocenters. The molecule has 17 heavy (non-hydrogen) atoms. The Bertz CT molecular complexity index is 364. The highest BCUT2D eigenvalue weighted by atomic mass is 16.1. The fraction of sp³-hybridized carbons (Fsp3) is 0.500. The highest BCUT2D eigenvalue weighted by Crippen LogP contribution is 2.18. The van der Waals surface area contributed by atoms with Crippen LogP contribution in [0, 0.1) is 5.92 Å². The SMILES string of the molecule is CC1CCCNC1CC(=O)Nc1ccccc1. The molecule has 2 N–H and O–H groups in total. The van der Waals surface area contributed by atoms with E-state index in [-0.39, 0.29) is 5.91 Å². The number of amides is 1. The van der Waals surface area contributed by atoms with Crippen molar-refractivity contribution in [1.29, 1.82) is 0 Å². The van der Waals surface area contributed by atoms with Gasteiger partial charge < -0.3 is 10.6 Å². The highest BCUT2D eigenvalue weighted by molar-refractivity contribution is 5.91. The fourth-order valence-electron chi connectivity index (χ4n) is 2.32. The minimum atomic E-state index is 0.0995. The molecule has 1 aliphatic heterocycles. The van der Waals surface area contributed by atoms with Crippen LogP contribution in [0.4, 0.5) is 5.69 Å². The van der Waals surface area contributed by atoms with Crippen LogP contribution < -0.4 is 10.6 Å². The van der Waals surface area contributed by atoms with E-state index < -0.39 is 0 Å². The molecule has 2 rings (SSSR count). The molecule has 3 heteroatoms. The van der Waals surface area contributed by atoms with Crippen LogP contribution in [0.2, 0.25) is 0 Å². The molecule has 0 aliphatic carbocycles. The first-order valence-corrected chi connectivity index (χ1v) is 6.34. The van der Waals surface area contributed by atoms with Crippen LogP contribution >= 0.6 is 0 Å². The third-order valence-corrected chi connectivity index (χ3v) is 3.39. The first kappa shape index (κ1) is 12.1. The van der Waals surface area contributed by atoms with Gasteiger partial charge in [0, 0.05) is 18.2 Å². The topological polar surface area (TPSA) is 41.1 Å². The molecule has 1 saturated heterocycles. The summed E-state index contributed by atoms with van der Waals surface area (Å²) in [7, 11) is 0. The molecule has 2 atom stereocenters. The second kappa shape index (κ2) is 5.82. The molecule has 0 radical (unpaired) electrons. The van der Waals surface area contributed by atoms with Crippen molar-refractivity contribution in [3.05, 3.63) is 30.3 Å². The van der Waals surface area contributed by atoms with Crippen LogP contribution in [-0.2, 0) is 4.79 Å². The maximum atomic E-state index is 11.9. The second-order valence-corrected chi connectivity index (χ2v) is 4.80. The summed E-state index contributed by atoms with van der Waals surface area (Å²) in [6.45, 7) is 3.25. The van der Waals surface area contributed by atoms with Gasteiger partial charge in [-0.1, -0.05) is 25.1 Å². The van der Waals surface area contributed by atoms with E-state index >= 15 is 0 Å². The van der Waals surface area contributed by atoms with Crippen LogP contribution in [0.5, 0.6) is 0 Å². The Balaban J connectivity index is 1.84. The van der Waals surface area contributed by atoms with Crippen molar-refractivity contribution in [2.45, 2.75) is 32.2 Å². The van der Waals surface area contributed by atoms with Crippen LogP contribution in [-0.4, -0.2) is 18.5 Å². The van der Waals surface area contributed by atoms with E-state index in [0.29, 0.717) is 18.4 Å². The number of hydrogen-bond donors (Lipinski definition) is 2. The molecule has 0 spiro atoms. The number of carbonyl (C=O) groups is 1. The number of rotatable bonds is 3. The highest BCUT2D eigenvalue weighted by Gasteiger charge is 2.22. The van der Waals surface area contributed by atoms with E-state index in [0.717, 1.165) is 12.2 Å². The van der Waals surface area contributed by atoms with Crippen LogP contribution in [0.3, 0.4) is 0 Å². The summed E-state index contributed by atoms with van der Waals surface area (Å²) in [5.41, 5.74) is 0.876. The lowest BCUT2D eigenvalue weighted by molar-refractivity contribution is -0.117. The van der Waals surface area contributed by atoms with Gasteiger partial charge in [0.25, 0.3) is 0 Å². The van der Waals surface area contributed by atoms with Gasteiger partial charge in [0.2, 0.25) is 5.91 Å². The zero-order chi connectivity index (χ0) is 12.1. The number of piperidine rings is 1. The van der Waals surface area contributed by atoms with E-state index in [1.54, 1.807) is 0 Å². The maximum Gasteiger partial charge on any atom is 0.225 e. The largest absolute Gasteiger partial charge is 0.326 e. The Morgan fingerprint density at radius 2 is 2.18 bits per heavy atom. The molecule has 92 valence electrons. The molecule has 1 fully saturated rings. The summed E-state index contributed by atoms with van der Waals surface area (Å²) in [6, 6.07) is 9.95. The predicted octanol–water partition coefficient (Wildman–Crippen LogP) is 2.40. The summed E-state index contributed by atoms with van der Waals surface area (Å²) < 4.78 is 0. The molecule has 1 aromatic carbocycles. The van der Waals surface area contributed by atoms with Gasteiger partial charge in [-0.05, 0) is 37.4 Å². The van der Waals surface area contributed by atoms with Crippen LogP contribution in [0.15, 0.2) is 30.3 Å². The number of benzene rings is 1. The summed E-state index contributed by atoms with van der Waals surface area (Å²) in [5.74, 6) is 0.688. The minimum Gasteiger partial charge on any atom is -0.326 e. The van der Waals surface area contributed by atoms with Crippen molar-refractivity contribution in [1.82, 2.24) is 5.32 Å². The first-order valence-electron chi connectivity index (χ1n) is 6.34. The lowest BCUT2D eigenvalue weighted by Crippen LogP contribution is -2.42. The lowest BCUT2D eigenvalue weighted by atomic mass is 9.90. The van der Waals surface area contributed by atoms with E-state index in [1.807, 2.05) is 30.3 Å². The second-order valence-electron chi connectivity index (χ2n) is 4.80. The van der Waals surface area contributed by atoms with Gasteiger partial charge in [0.1, 0.15) is 0 Å². The van der Waals surface area contributed by atoms with Crippen molar-refractivity contribution < 1.29 is 4.79 Å².